The van der Waals surface area contributed by atoms with Crippen LogP contribution in [0.25, 0.3) is 10.8 Å². The molecule has 0 radical (unpaired) electrons. The fourth-order valence-electron chi connectivity index (χ4n) is 2.77. The maximum atomic E-state index is 4.62. The van der Waals surface area contributed by atoms with Gasteiger partial charge < -0.3 is 0 Å². The molecular formula is C24H19NS. The van der Waals surface area contributed by atoms with E-state index >= 15 is 0 Å². The number of hydrogen-bond acceptors (Lipinski definition) is 2. The van der Waals surface area contributed by atoms with Crippen LogP contribution in [0.3, 0.4) is 0 Å². The van der Waals surface area contributed by atoms with E-state index in [9.17, 15) is 0 Å². The van der Waals surface area contributed by atoms with Gasteiger partial charge in [-0.15, -0.1) is 0 Å². The summed E-state index contributed by atoms with van der Waals surface area (Å²) >= 11 is 1.78. The van der Waals surface area contributed by atoms with E-state index in [0.29, 0.717) is 0 Å². The fraction of sp³-hybridized carbons (Fsp3) is 0.0417. The van der Waals surface area contributed by atoms with Crippen LogP contribution in [-0.2, 0) is 0 Å². The van der Waals surface area contributed by atoms with Gasteiger partial charge in [0.2, 0.25) is 0 Å². The smallest absolute Gasteiger partial charge is 0.0636 e. The highest BCUT2D eigenvalue weighted by atomic mass is 32.2. The highest BCUT2D eigenvalue weighted by molar-refractivity contribution is 7.99. The van der Waals surface area contributed by atoms with E-state index in [-0.39, 0.29) is 0 Å². The number of aryl methyl sites for hydroxylation is 1. The van der Waals surface area contributed by atoms with Crippen LogP contribution < -0.4 is 0 Å². The topological polar surface area (TPSA) is 12.4 Å². The van der Waals surface area contributed by atoms with Crippen molar-refractivity contribution in [3.8, 4) is 0 Å². The Hall–Kier alpha value is -2.84. The van der Waals surface area contributed by atoms with Gasteiger partial charge in [0.25, 0.3) is 0 Å². The summed E-state index contributed by atoms with van der Waals surface area (Å²) < 4.78 is 0. The minimum absolute atomic E-state index is 0.974. The standard InChI is InChI=1S/C24H19NS/c1-18-6-12-23(13-7-18)26-24-14-8-19(9-15-24)17-25-22-11-10-20-4-2-3-5-21(20)16-22/h2-17H,1H3. The van der Waals surface area contributed by atoms with Gasteiger partial charge in [0.1, 0.15) is 0 Å². The van der Waals surface area contributed by atoms with E-state index in [4.69, 9.17) is 0 Å². The molecule has 0 aliphatic carbocycles. The lowest BCUT2D eigenvalue weighted by molar-refractivity contribution is 1.36. The molecule has 2 heteroatoms. The minimum atomic E-state index is 0.974. The summed E-state index contributed by atoms with van der Waals surface area (Å²) in [5.41, 5.74) is 3.36. The molecule has 0 spiro atoms. The van der Waals surface area contributed by atoms with Gasteiger partial charge in [-0.2, -0.15) is 0 Å². The van der Waals surface area contributed by atoms with Crippen LogP contribution in [0.2, 0.25) is 0 Å². The Balaban J connectivity index is 1.47. The van der Waals surface area contributed by atoms with Crippen molar-refractivity contribution in [2.75, 3.05) is 0 Å². The van der Waals surface area contributed by atoms with Gasteiger partial charge in [0, 0.05) is 16.0 Å². The van der Waals surface area contributed by atoms with Crippen molar-refractivity contribution in [1.29, 1.82) is 0 Å². The van der Waals surface area contributed by atoms with Crippen LogP contribution in [0, 0.1) is 6.92 Å². The summed E-state index contributed by atoms with van der Waals surface area (Å²) in [6.45, 7) is 2.11. The Morgan fingerprint density at radius 2 is 1.35 bits per heavy atom. The maximum Gasteiger partial charge on any atom is 0.0636 e. The Kier molecular flexibility index (Phi) is 4.85. The number of rotatable bonds is 4. The number of benzene rings is 4. The number of nitrogens with zero attached hydrogens (tertiary/aromatic N) is 1. The van der Waals surface area contributed by atoms with Gasteiger partial charge in [0.15, 0.2) is 0 Å². The van der Waals surface area contributed by atoms with E-state index in [0.717, 1.165) is 11.3 Å². The van der Waals surface area contributed by atoms with Gasteiger partial charge >= 0.3 is 0 Å². The number of hydrogen-bond donors (Lipinski definition) is 0. The average molecular weight is 353 g/mol. The summed E-state index contributed by atoms with van der Waals surface area (Å²) in [6, 6.07) is 31.8. The molecule has 1 nitrogen and oxygen atoms in total. The molecule has 0 aromatic heterocycles. The lowest BCUT2D eigenvalue weighted by Gasteiger charge is -2.03. The number of fused-ring (bicyclic) bond motifs is 1. The lowest BCUT2D eigenvalue weighted by atomic mass is 10.1. The molecule has 0 N–H and O–H groups in total. The molecule has 26 heavy (non-hydrogen) atoms. The third-order valence-corrected chi connectivity index (χ3v) is 5.25. The first-order valence-corrected chi connectivity index (χ1v) is 9.45. The predicted molar refractivity (Wildman–Crippen MR) is 113 cm³/mol. The molecule has 4 rings (SSSR count). The summed E-state index contributed by atoms with van der Waals surface area (Å²) in [5.74, 6) is 0. The molecule has 0 amide bonds. The first-order chi connectivity index (χ1) is 12.8. The van der Waals surface area contributed by atoms with Crippen molar-refractivity contribution < 1.29 is 0 Å². The minimum Gasteiger partial charge on any atom is -0.256 e. The molecule has 126 valence electrons. The first-order valence-electron chi connectivity index (χ1n) is 8.64. The van der Waals surface area contributed by atoms with Crippen LogP contribution in [0.4, 0.5) is 5.69 Å². The fourth-order valence-corrected chi connectivity index (χ4v) is 3.59. The van der Waals surface area contributed by atoms with Crippen molar-refractivity contribution in [3.63, 3.8) is 0 Å². The third-order valence-electron chi connectivity index (χ3n) is 4.23. The molecular weight excluding hydrogens is 334 g/mol. The van der Waals surface area contributed by atoms with Crippen molar-refractivity contribution in [2.24, 2.45) is 4.99 Å². The SMILES string of the molecule is Cc1ccc(Sc2ccc(C=Nc3ccc4ccccc4c3)cc2)cc1. The van der Waals surface area contributed by atoms with Gasteiger partial charge in [-0.3, -0.25) is 4.99 Å². The third kappa shape index (κ3) is 4.04. The second-order valence-corrected chi connectivity index (χ2v) is 7.42. The van der Waals surface area contributed by atoms with Crippen molar-refractivity contribution in [1.82, 2.24) is 0 Å². The molecule has 0 atom stereocenters. The number of aliphatic imine (C=N–C) groups is 1. The molecule has 0 unspecified atom stereocenters. The first kappa shape index (κ1) is 16.6. The van der Waals surface area contributed by atoms with E-state index in [1.54, 1.807) is 11.8 Å². The predicted octanol–water partition coefficient (Wildman–Crippen LogP) is 7.05. The van der Waals surface area contributed by atoms with Crippen LogP contribution >= 0.6 is 11.8 Å². The van der Waals surface area contributed by atoms with Crippen molar-refractivity contribution >= 4 is 34.4 Å². The summed E-state index contributed by atoms with van der Waals surface area (Å²) in [7, 11) is 0. The summed E-state index contributed by atoms with van der Waals surface area (Å²) in [5, 5.41) is 2.45. The quantitative estimate of drug-likeness (QED) is 0.358. The zero-order chi connectivity index (χ0) is 17.8. The zero-order valence-corrected chi connectivity index (χ0v) is 15.4. The monoisotopic (exact) mass is 353 g/mol. The normalized spacial score (nSPS) is 11.3. The van der Waals surface area contributed by atoms with Gasteiger partial charge in [-0.1, -0.05) is 71.9 Å². The summed E-state index contributed by atoms with van der Waals surface area (Å²) in [6.07, 6.45) is 1.92. The molecule has 4 aromatic carbocycles. The van der Waals surface area contributed by atoms with E-state index in [1.807, 2.05) is 6.21 Å². The van der Waals surface area contributed by atoms with Crippen molar-refractivity contribution in [2.45, 2.75) is 16.7 Å². The van der Waals surface area contributed by atoms with Crippen LogP contribution in [0.15, 0.2) is 106 Å². The molecule has 0 bridgehead atoms. The Labute approximate surface area is 158 Å². The molecule has 4 aromatic rings. The van der Waals surface area contributed by atoms with Gasteiger partial charge in [0.05, 0.1) is 5.69 Å². The zero-order valence-electron chi connectivity index (χ0n) is 14.6. The molecule has 0 saturated heterocycles. The van der Waals surface area contributed by atoms with Crippen LogP contribution in [0.5, 0.6) is 0 Å². The van der Waals surface area contributed by atoms with Crippen LogP contribution in [0.1, 0.15) is 11.1 Å². The lowest BCUT2D eigenvalue weighted by Crippen LogP contribution is -1.81. The van der Waals surface area contributed by atoms with E-state index in [1.165, 1.54) is 26.1 Å². The molecule has 0 aliphatic rings. The molecule has 0 aliphatic heterocycles. The van der Waals surface area contributed by atoms with Gasteiger partial charge in [-0.25, -0.2) is 0 Å². The molecule has 0 fully saturated rings. The van der Waals surface area contributed by atoms with Crippen molar-refractivity contribution in [3.05, 3.63) is 102 Å². The highest BCUT2D eigenvalue weighted by Gasteiger charge is 1.98. The Morgan fingerprint density at radius 1 is 0.692 bits per heavy atom. The molecule has 0 saturated carbocycles. The Bertz CT molecular complexity index is 1050. The summed E-state index contributed by atoms with van der Waals surface area (Å²) in [4.78, 5) is 7.11. The average Bonchev–Trinajstić information content (AvgIpc) is 2.69. The molecule has 0 heterocycles. The second kappa shape index (κ2) is 7.59. The largest absolute Gasteiger partial charge is 0.256 e. The van der Waals surface area contributed by atoms with E-state index < -0.39 is 0 Å². The van der Waals surface area contributed by atoms with Crippen LogP contribution in [-0.4, -0.2) is 6.21 Å². The van der Waals surface area contributed by atoms with Gasteiger partial charge in [-0.05, 0) is 59.7 Å². The second-order valence-electron chi connectivity index (χ2n) is 6.27. The Morgan fingerprint density at radius 3 is 2.08 bits per heavy atom. The van der Waals surface area contributed by atoms with E-state index in [2.05, 4.69) is 103 Å². The highest BCUT2D eigenvalue weighted by Crippen LogP contribution is 2.28. The maximum absolute atomic E-state index is 4.62.